The van der Waals surface area contributed by atoms with Crippen molar-refractivity contribution < 1.29 is 19.4 Å². The first-order chi connectivity index (χ1) is 14.5. The number of benzene rings is 1. The van der Waals surface area contributed by atoms with Gasteiger partial charge in [0.05, 0.1) is 17.8 Å². The van der Waals surface area contributed by atoms with Gasteiger partial charge in [-0.1, -0.05) is 0 Å². The number of piperidine rings is 1. The van der Waals surface area contributed by atoms with Crippen molar-refractivity contribution in [2.45, 2.75) is 18.8 Å². The molecule has 2 saturated heterocycles. The van der Waals surface area contributed by atoms with Crippen LogP contribution in [0.4, 0.5) is 4.79 Å². The molecule has 3 heterocycles. The first-order valence-corrected chi connectivity index (χ1v) is 10.3. The van der Waals surface area contributed by atoms with Crippen LogP contribution in [0, 0.1) is 0 Å². The lowest BCUT2D eigenvalue weighted by Gasteiger charge is -2.31. The monoisotopic (exact) mass is 413 g/mol. The maximum absolute atomic E-state index is 11.8. The van der Waals surface area contributed by atoms with Crippen molar-refractivity contribution in [3.63, 3.8) is 0 Å². The fraction of sp³-hybridized carbons (Fsp3) is 0.524. The van der Waals surface area contributed by atoms with Gasteiger partial charge in [0.15, 0.2) is 0 Å². The summed E-state index contributed by atoms with van der Waals surface area (Å²) < 4.78 is 5.91. The molecule has 0 aliphatic carbocycles. The molecule has 160 valence electrons. The van der Waals surface area contributed by atoms with E-state index in [1.807, 2.05) is 25.2 Å². The molecule has 1 aromatic heterocycles. The molecule has 9 nitrogen and oxygen atoms in total. The van der Waals surface area contributed by atoms with E-state index in [9.17, 15) is 9.59 Å². The number of ether oxygens (including phenoxy) is 1. The minimum absolute atomic E-state index is 0.144. The zero-order valence-corrected chi connectivity index (χ0v) is 17.2. The number of hydrogen-bond donors (Lipinski definition) is 1. The highest BCUT2D eigenvalue weighted by Gasteiger charge is 2.25. The molecule has 1 N–H and O–H groups in total. The molecule has 2 aliphatic heterocycles. The summed E-state index contributed by atoms with van der Waals surface area (Å²) >= 11 is 0. The lowest BCUT2D eigenvalue weighted by Crippen LogP contribution is -2.49. The van der Waals surface area contributed by atoms with E-state index in [1.54, 1.807) is 11.2 Å². The van der Waals surface area contributed by atoms with Crippen molar-refractivity contribution in [2.75, 3.05) is 52.9 Å². The number of piperazine rings is 1. The second-order valence-corrected chi connectivity index (χ2v) is 7.92. The van der Waals surface area contributed by atoms with E-state index in [4.69, 9.17) is 9.84 Å². The normalized spacial score (nSPS) is 18.8. The number of aromatic nitrogens is 2. The number of likely N-dealkylation sites (N-methyl/N-ethyl adjacent to an activating group) is 1. The Balaban J connectivity index is 1.38. The Hall–Kier alpha value is -2.94. The van der Waals surface area contributed by atoms with Gasteiger partial charge in [-0.3, -0.25) is 9.69 Å². The molecule has 9 heteroatoms. The molecule has 2 aliphatic rings. The second-order valence-electron chi connectivity index (χ2n) is 7.92. The minimum atomic E-state index is -0.858. The summed E-state index contributed by atoms with van der Waals surface area (Å²) in [5.74, 6) is 1.12. The van der Waals surface area contributed by atoms with Crippen LogP contribution >= 0.6 is 0 Å². The molecule has 30 heavy (non-hydrogen) atoms. The number of hydrogen-bond acceptors (Lipinski definition) is 6. The topological polar surface area (TPSA) is 99.1 Å². The molecular formula is C21H27N5O4. The number of amides is 2. The first-order valence-electron chi connectivity index (χ1n) is 10.3. The Kier molecular flexibility index (Phi) is 5.98. The van der Waals surface area contributed by atoms with Gasteiger partial charge < -0.3 is 19.6 Å². The Bertz CT molecular complexity index is 929. The van der Waals surface area contributed by atoms with Gasteiger partial charge in [-0.25, -0.2) is 14.8 Å². The van der Waals surface area contributed by atoms with Crippen LogP contribution in [-0.2, 0) is 4.79 Å². The Morgan fingerprint density at radius 2 is 2.00 bits per heavy atom. The number of nitrogens with zero attached hydrogens (tertiary/aromatic N) is 5. The SMILES string of the molecule is CN1CCN(CCOc2ccc3c(C4CCN(C(=O)O)CC4)ncnc3c2)CC1=O. The lowest BCUT2D eigenvalue weighted by molar-refractivity contribution is -0.134. The molecule has 2 fully saturated rings. The molecule has 0 bridgehead atoms. The Morgan fingerprint density at radius 1 is 1.20 bits per heavy atom. The number of likely N-dealkylation sites (tertiary alicyclic amines) is 1. The van der Waals surface area contributed by atoms with Gasteiger partial charge in [-0.2, -0.15) is 0 Å². The summed E-state index contributed by atoms with van der Waals surface area (Å²) in [4.78, 5) is 37.1. The fourth-order valence-electron chi connectivity index (χ4n) is 4.11. The highest BCUT2D eigenvalue weighted by molar-refractivity contribution is 5.82. The first kappa shape index (κ1) is 20.3. The highest BCUT2D eigenvalue weighted by atomic mass is 16.5. The Labute approximate surface area is 175 Å². The van der Waals surface area contributed by atoms with Crippen LogP contribution in [-0.4, -0.2) is 94.7 Å². The lowest BCUT2D eigenvalue weighted by atomic mass is 9.91. The van der Waals surface area contributed by atoms with Crippen LogP contribution in [0.3, 0.4) is 0 Å². The van der Waals surface area contributed by atoms with Crippen molar-refractivity contribution >= 4 is 22.9 Å². The predicted octanol–water partition coefficient (Wildman–Crippen LogP) is 1.64. The van der Waals surface area contributed by atoms with Gasteiger partial charge in [0.25, 0.3) is 0 Å². The fourth-order valence-corrected chi connectivity index (χ4v) is 4.11. The third-order valence-electron chi connectivity index (χ3n) is 6.00. The van der Waals surface area contributed by atoms with E-state index in [-0.39, 0.29) is 11.8 Å². The smallest absolute Gasteiger partial charge is 0.407 e. The Morgan fingerprint density at radius 3 is 2.73 bits per heavy atom. The van der Waals surface area contributed by atoms with E-state index < -0.39 is 6.09 Å². The van der Waals surface area contributed by atoms with Crippen molar-refractivity contribution in [2.24, 2.45) is 0 Å². The molecule has 1 aromatic carbocycles. The third kappa shape index (κ3) is 4.46. The van der Waals surface area contributed by atoms with E-state index in [2.05, 4.69) is 14.9 Å². The summed E-state index contributed by atoms with van der Waals surface area (Å²) in [7, 11) is 1.83. The van der Waals surface area contributed by atoms with Gasteiger partial charge in [-0.05, 0) is 25.0 Å². The quantitative estimate of drug-likeness (QED) is 0.795. The summed E-state index contributed by atoms with van der Waals surface area (Å²) in [5, 5.41) is 10.1. The van der Waals surface area contributed by atoms with Gasteiger partial charge in [-0.15, -0.1) is 0 Å². The zero-order chi connectivity index (χ0) is 21.1. The van der Waals surface area contributed by atoms with Crippen LogP contribution in [0.2, 0.25) is 0 Å². The van der Waals surface area contributed by atoms with Gasteiger partial charge in [0, 0.05) is 57.1 Å². The maximum atomic E-state index is 11.8. The second kappa shape index (κ2) is 8.83. The van der Waals surface area contributed by atoms with E-state index in [0.29, 0.717) is 32.8 Å². The average molecular weight is 413 g/mol. The minimum Gasteiger partial charge on any atom is -0.492 e. The number of carbonyl (C=O) groups excluding carboxylic acids is 1. The number of carboxylic acid groups (broad SMARTS) is 1. The van der Waals surface area contributed by atoms with Crippen LogP contribution in [0.1, 0.15) is 24.5 Å². The molecule has 2 aromatic rings. The standard InChI is InChI=1S/C21H27N5O4/c1-24-8-9-25(13-19(24)27)10-11-30-16-2-3-17-18(12-16)22-14-23-20(17)15-4-6-26(7-5-15)21(28)29/h2-3,12,14-15H,4-11,13H2,1H3,(H,28,29). The van der Waals surface area contributed by atoms with Crippen LogP contribution in [0.15, 0.2) is 24.5 Å². The molecule has 0 saturated carbocycles. The van der Waals surface area contributed by atoms with E-state index >= 15 is 0 Å². The van der Waals surface area contributed by atoms with Gasteiger partial charge in [0.2, 0.25) is 5.91 Å². The maximum Gasteiger partial charge on any atom is 0.407 e. The molecule has 0 radical (unpaired) electrons. The van der Waals surface area contributed by atoms with Gasteiger partial charge >= 0.3 is 6.09 Å². The molecule has 0 spiro atoms. The van der Waals surface area contributed by atoms with Crippen molar-refractivity contribution in [1.29, 1.82) is 0 Å². The molecular weight excluding hydrogens is 386 g/mol. The van der Waals surface area contributed by atoms with Crippen LogP contribution in [0.5, 0.6) is 5.75 Å². The summed E-state index contributed by atoms with van der Waals surface area (Å²) in [5.41, 5.74) is 1.81. The summed E-state index contributed by atoms with van der Waals surface area (Å²) in [6, 6.07) is 5.84. The van der Waals surface area contributed by atoms with Gasteiger partial charge in [0.1, 0.15) is 18.7 Å². The van der Waals surface area contributed by atoms with E-state index in [1.165, 1.54) is 4.90 Å². The number of rotatable bonds is 5. The predicted molar refractivity (Wildman–Crippen MR) is 111 cm³/mol. The van der Waals surface area contributed by atoms with Crippen molar-refractivity contribution in [3.8, 4) is 5.75 Å². The number of fused-ring (bicyclic) bond motifs is 1. The van der Waals surface area contributed by atoms with Crippen molar-refractivity contribution in [3.05, 3.63) is 30.2 Å². The molecule has 2 amide bonds. The van der Waals surface area contributed by atoms with Crippen LogP contribution in [0.25, 0.3) is 10.9 Å². The van der Waals surface area contributed by atoms with Crippen molar-refractivity contribution in [1.82, 2.24) is 24.7 Å². The molecule has 0 atom stereocenters. The molecule has 4 rings (SSSR count). The largest absolute Gasteiger partial charge is 0.492 e. The zero-order valence-electron chi connectivity index (χ0n) is 17.2. The third-order valence-corrected chi connectivity index (χ3v) is 6.00. The van der Waals surface area contributed by atoms with E-state index in [0.717, 1.165) is 48.3 Å². The summed E-state index contributed by atoms with van der Waals surface area (Å²) in [6.45, 7) is 4.32. The highest BCUT2D eigenvalue weighted by Crippen LogP contribution is 2.32. The van der Waals surface area contributed by atoms with Crippen LogP contribution < -0.4 is 4.74 Å². The summed E-state index contributed by atoms with van der Waals surface area (Å²) in [6.07, 6.45) is 2.24. The average Bonchev–Trinajstić information content (AvgIpc) is 2.76. The number of carbonyl (C=O) groups is 2. The molecule has 0 unspecified atom stereocenters.